The lowest BCUT2D eigenvalue weighted by atomic mass is 10.1. The van der Waals surface area contributed by atoms with Crippen LogP contribution in [0.4, 0.5) is 5.69 Å². The molecular formula is C13H19NO4S. The number of hydrogen-bond donors (Lipinski definition) is 1. The van der Waals surface area contributed by atoms with Gasteiger partial charge >= 0.3 is 5.69 Å². The van der Waals surface area contributed by atoms with Crippen LogP contribution in [0.2, 0.25) is 0 Å². The Kier molecular flexibility index (Phi) is 6.49. The molecule has 0 aliphatic carbocycles. The van der Waals surface area contributed by atoms with Crippen LogP contribution >= 0.6 is 12.6 Å². The van der Waals surface area contributed by atoms with Crippen molar-refractivity contribution >= 4 is 18.3 Å². The molecule has 0 fully saturated rings. The first-order valence-electron chi connectivity index (χ1n) is 6.14. The number of benzene rings is 1. The highest BCUT2D eigenvalue weighted by molar-refractivity contribution is 7.80. The molecule has 0 saturated heterocycles. The van der Waals surface area contributed by atoms with Gasteiger partial charge in [-0.25, -0.2) is 0 Å². The van der Waals surface area contributed by atoms with E-state index in [0.717, 1.165) is 18.6 Å². The van der Waals surface area contributed by atoms with Crippen LogP contribution in [0.5, 0.6) is 11.5 Å². The maximum atomic E-state index is 10.9. The van der Waals surface area contributed by atoms with Crippen LogP contribution in [0, 0.1) is 16.0 Å². The van der Waals surface area contributed by atoms with Crippen LogP contribution in [0.1, 0.15) is 19.8 Å². The quantitative estimate of drug-likeness (QED) is 0.452. The van der Waals surface area contributed by atoms with Gasteiger partial charge in [0.05, 0.1) is 24.7 Å². The maximum Gasteiger partial charge on any atom is 0.314 e. The summed E-state index contributed by atoms with van der Waals surface area (Å²) in [5.74, 6) is 2.12. The average Bonchev–Trinajstić information content (AvgIpc) is 2.38. The Labute approximate surface area is 118 Å². The van der Waals surface area contributed by atoms with Gasteiger partial charge in [-0.2, -0.15) is 12.6 Å². The van der Waals surface area contributed by atoms with E-state index in [1.807, 2.05) is 0 Å². The van der Waals surface area contributed by atoms with Gasteiger partial charge in [-0.15, -0.1) is 0 Å². The molecule has 106 valence electrons. The fraction of sp³-hybridized carbons (Fsp3) is 0.538. The minimum Gasteiger partial charge on any atom is -0.493 e. The smallest absolute Gasteiger partial charge is 0.314 e. The van der Waals surface area contributed by atoms with Gasteiger partial charge in [0.15, 0.2) is 5.75 Å². The molecule has 5 nitrogen and oxygen atoms in total. The predicted molar refractivity (Wildman–Crippen MR) is 77.4 cm³/mol. The summed E-state index contributed by atoms with van der Waals surface area (Å²) in [4.78, 5) is 10.4. The van der Waals surface area contributed by atoms with E-state index in [1.54, 1.807) is 12.1 Å². The van der Waals surface area contributed by atoms with E-state index in [0.29, 0.717) is 18.3 Å². The summed E-state index contributed by atoms with van der Waals surface area (Å²) in [6.45, 7) is 2.68. The normalized spacial score (nSPS) is 11.9. The Balaban J connectivity index is 2.60. The summed E-state index contributed by atoms with van der Waals surface area (Å²) in [6, 6.07) is 4.61. The molecule has 1 unspecified atom stereocenters. The second kappa shape index (κ2) is 7.89. The molecule has 6 heteroatoms. The third kappa shape index (κ3) is 4.98. The third-order valence-corrected chi connectivity index (χ3v) is 3.11. The Bertz CT molecular complexity index is 425. The number of nitro benzene ring substituents is 1. The van der Waals surface area contributed by atoms with Crippen LogP contribution in [-0.4, -0.2) is 24.4 Å². The fourth-order valence-corrected chi connectivity index (χ4v) is 2.09. The molecule has 1 aromatic carbocycles. The molecule has 1 atom stereocenters. The molecule has 19 heavy (non-hydrogen) atoms. The largest absolute Gasteiger partial charge is 0.493 e. The lowest BCUT2D eigenvalue weighted by Crippen LogP contribution is -2.05. The minimum atomic E-state index is -0.477. The lowest BCUT2D eigenvalue weighted by Gasteiger charge is -2.11. The van der Waals surface area contributed by atoms with E-state index in [2.05, 4.69) is 19.6 Å². The summed E-state index contributed by atoms with van der Waals surface area (Å²) >= 11 is 4.18. The van der Waals surface area contributed by atoms with Crippen LogP contribution in [0.15, 0.2) is 18.2 Å². The lowest BCUT2D eigenvalue weighted by molar-refractivity contribution is -0.385. The Morgan fingerprint density at radius 3 is 2.74 bits per heavy atom. The number of rotatable bonds is 8. The van der Waals surface area contributed by atoms with Gasteiger partial charge in [-0.3, -0.25) is 10.1 Å². The summed E-state index contributed by atoms with van der Waals surface area (Å²) < 4.78 is 10.5. The second-order valence-corrected chi connectivity index (χ2v) is 4.79. The van der Waals surface area contributed by atoms with Crippen LogP contribution in [0.25, 0.3) is 0 Å². The molecule has 0 aliphatic heterocycles. The van der Waals surface area contributed by atoms with E-state index < -0.39 is 4.92 Å². The zero-order valence-corrected chi connectivity index (χ0v) is 12.1. The first-order chi connectivity index (χ1) is 9.08. The molecule has 0 N–H and O–H groups in total. The monoisotopic (exact) mass is 285 g/mol. The second-order valence-electron chi connectivity index (χ2n) is 4.35. The number of methoxy groups -OCH3 is 1. The van der Waals surface area contributed by atoms with E-state index >= 15 is 0 Å². The summed E-state index contributed by atoms with van der Waals surface area (Å²) in [7, 11) is 1.40. The van der Waals surface area contributed by atoms with Crippen molar-refractivity contribution < 1.29 is 14.4 Å². The molecule has 0 radical (unpaired) electrons. The number of nitro groups is 1. The molecule has 1 aromatic rings. The van der Waals surface area contributed by atoms with Crippen LogP contribution in [0.3, 0.4) is 0 Å². The van der Waals surface area contributed by atoms with Crippen molar-refractivity contribution in [1.29, 1.82) is 0 Å². The highest BCUT2D eigenvalue weighted by Crippen LogP contribution is 2.30. The first-order valence-corrected chi connectivity index (χ1v) is 6.77. The summed E-state index contributed by atoms with van der Waals surface area (Å²) in [5, 5.41) is 10.9. The minimum absolute atomic E-state index is 0.0802. The molecule has 0 aliphatic rings. The molecule has 0 bridgehead atoms. The molecule has 0 amide bonds. The fourth-order valence-electron chi connectivity index (χ4n) is 1.64. The van der Waals surface area contributed by atoms with E-state index in [9.17, 15) is 10.1 Å². The van der Waals surface area contributed by atoms with Gasteiger partial charge in [0.1, 0.15) is 5.75 Å². The number of thiol groups is 1. The van der Waals surface area contributed by atoms with Gasteiger partial charge in [-0.1, -0.05) is 6.92 Å². The van der Waals surface area contributed by atoms with Crippen molar-refractivity contribution in [3.05, 3.63) is 28.3 Å². The number of nitrogens with zero attached hydrogens (tertiary/aromatic N) is 1. The molecule has 0 heterocycles. The van der Waals surface area contributed by atoms with Crippen LogP contribution < -0.4 is 9.47 Å². The van der Waals surface area contributed by atoms with Crippen molar-refractivity contribution in [2.24, 2.45) is 5.92 Å². The molecule has 1 rings (SSSR count). The highest BCUT2D eigenvalue weighted by atomic mass is 32.1. The zero-order valence-electron chi connectivity index (χ0n) is 11.2. The van der Waals surface area contributed by atoms with Crippen molar-refractivity contribution in [3.63, 3.8) is 0 Å². The molecule has 0 aromatic heterocycles. The van der Waals surface area contributed by atoms with Crippen LogP contribution in [-0.2, 0) is 0 Å². The Hall–Kier alpha value is -1.43. The van der Waals surface area contributed by atoms with Crippen molar-refractivity contribution in [3.8, 4) is 11.5 Å². The van der Waals surface area contributed by atoms with E-state index in [4.69, 9.17) is 9.47 Å². The summed E-state index contributed by atoms with van der Waals surface area (Å²) in [5.41, 5.74) is -0.0802. The zero-order chi connectivity index (χ0) is 14.3. The standard InChI is InChI=1S/C13H19NO4S/c1-10(6-8-19)5-7-18-11-3-4-13(17-2)12(9-11)14(15)16/h3-4,9-10,19H,5-8H2,1-2H3. The van der Waals surface area contributed by atoms with Gasteiger partial charge in [0.25, 0.3) is 0 Å². The highest BCUT2D eigenvalue weighted by Gasteiger charge is 2.15. The van der Waals surface area contributed by atoms with Crippen molar-refractivity contribution in [2.45, 2.75) is 19.8 Å². The van der Waals surface area contributed by atoms with Crippen molar-refractivity contribution in [1.82, 2.24) is 0 Å². The SMILES string of the molecule is COc1ccc(OCCC(C)CCS)cc1[N+](=O)[O-]. The Morgan fingerprint density at radius 1 is 1.42 bits per heavy atom. The van der Waals surface area contributed by atoms with E-state index in [-0.39, 0.29) is 11.4 Å². The van der Waals surface area contributed by atoms with Gasteiger partial charge < -0.3 is 9.47 Å². The van der Waals surface area contributed by atoms with Crippen molar-refractivity contribution in [2.75, 3.05) is 19.5 Å². The molecule has 0 spiro atoms. The van der Waals surface area contributed by atoms with Gasteiger partial charge in [0, 0.05) is 0 Å². The number of ether oxygens (including phenoxy) is 2. The third-order valence-electron chi connectivity index (χ3n) is 2.85. The average molecular weight is 285 g/mol. The summed E-state index contributed by atoms with van der Waals surface area (Å²) in [6.07, 6.45) is 1.94. The van der Waals surface area contributed by atoms with E-state index in [1.165, 1.54) is 13.2 Å². The number of hydrogen-bond acceptors (Lipinski definition) is 5. The Morgan fingerprint density at radius 2 is 2.16 bits per heavy atom. The van der Waals surface area contributed by atoms with Gasteiger partial charge in [-0.05, 0) is 36.6 Å². The molecule has 0 saturated carbocycles. The predicted octanol–water partition coefficient (Wildman–Crippen LogP) is 3.33. The molecular weight excluding hydrogens is 266 g/mol. The first kappa shape index (κ1) is 15.6. The van der Waals surface area contributed by atoms with Gasteiger partial charge in [0.2, 0.25) is 0 Å². The maximum absolute atomic E-state index is 10.9. The topological polar surface area (TPSA) is 61.6 Å².